The molecule has 2 aromatic carbocycles. The summed E-state index contributed by atoms with van der Waals surface area (Å²) in [5.41, 5.74) is 3.02. The number of methoxy groups -OCH3 is 2. The molecule has 30 heavy (non-hydrogen) atoms. The van der Waals surface area contributed by atoms with Crippen molar-refractivity contribution in [3.8, 4) is 11.5 Å². The molecule has 0 aliphatic carbocycles. The number of hydrogen-bond acceptors (Lipinski definition) is 5. The summed E-state index contributed by atoms with van der Waals surface area (Å²) in [5, 5.41) is 1.04. The number of furan rings is 1. The van der Waals surface area contributed by atoms with Crippen LogP contribution in [0.25, 0.3) is 11.0 Å². The highest BCUT2D eigenvalue weighted by Gasteiger charge is 2.22. The maximum Gasteiger partial charge on any atom is 0.237 e. The van der Waals surface area contributed by atoms with E-state index in [9.17, 15) is 4.79 Å². The number of amides is 1. The van der Waals surface area contributed by atoms with E-state index in [-0.39, 0.29) is 11.9 Å². The second kappa shape index (κ2) is 9.22. The molecule has 0 spiro atoms. The maximum atomic E-state index is 12.9. The second-order valence-electron chi connectivity index (χ2n) is 7.67. The van der Waals surface area contributed by atoms with Gasteiger partial charge in [0.2, 0.25) is 5.91 Å². The Balaban J connectivity index is 1.66. The summed E-state index contributed by atoms with van der Waals surface area (Å²) in [4.78, 5) is 16.6. The Morgan fingerprint density at radius 3 is 2.40 bits per heavy atom. The molecule has 3 aromatic rings. The maximum absolute atomic E-state index is 12.9. The predicted molar refractivity (Wildman–Crippen MR) is 118 cm³/mol. The number of rotatable bonds is 8. The van der Waals surface area contributed by atoms with Crippen LogP contribution >= 0.6 is 0 Å². The number of nitrogens with zero attached hydrogens (tertiary/aromatic N) is 2. The van der Waals surface area contributed by atoms with Crippen molar-refractivity contribution < 1.29 is 18.7 Å². The van der Waals surface area contributed by atoms with Gasteiger partial charge in [0.1, 0.15) is 11.3 Å². The van der Waals surface area contributed by atoms with E-state index >= 15 is 0 Å². The number of fused-ring (bicyclic) bond motifs is 1. The van der Waals surface area contributed by atoms with Gasteiger partial charge in [0.25, 0.3) is 0 Å². The second-order valence-corrected chi connectivity index (χ2v) is 7.67. The third-order valence-corrected chi connectivity index (χ3v) is 5.52. The van der Waals surface area contributed by atoms with E-state index in [2.05, 4.69) is 0 Å². The highest BCUT2D eigenvalue weighted by molar-refractivity contribution is 5.80. The van der Waals surface area contributed by atoms with Gasteiger partial charge < -0.3 is 18.8 Å². The van der Waals surface area contributed by atoms with Crippen molar-refractivity contribution in [1.82, 2.24) is 9.80 Å². The number of likely N-dealkylation sites (N-methyl/N-ethyl adjacent to an activating group) is 2. The van der Waals surface area contributed by atoms with Crippen molar-refractivity contribution >= 4 is 16.9 Å². The fraction of sp³-hybridized carbons (Fsp3) is 0.375. The van der Waals surface area contributed by atoms with Crippen LogP contribution in [0.4, 0.5) is 0 Å². The van der Waals surface area contributed by atoms with Crippen LogP contribution in [0.5, 0.6) is 11.5 Å². The SMILES string of the molecule is COc1cc(C)c(CN(C)CC(=O)N(C)C(C)c2cc3ccccc3o2)cc1OC. The number of aryl methyl sites for hydroxylation is 1. The first kappa shape index (κ1) is 21.7. The van der Waals surface area contributed by atoms with E-state index in [1.807, 2.05) is 75.3 Å². The molecule has 3 rings (SSSR count). The van der Waals surface area contributed by atoms with Crippen LogP contribution in [0, 0.1) is 6.92 Å². The van der Waals surface area contributed by atoms with Crippen molar-refractivity contribution in [2.45, 2.75) is 26.4 Å². The largest absolute Gasteiger partial charge is 0.493 e. The average Bonchev–Trinajstić information content (AvgIpc) is 3.17. The van der Waals surface area contributed by atoms with Gasteiger partial charge in [-0.3, -0.25) is 9.69 Å². The Bertz CT molecular complexity index is 994. The van der Waals surface area contributed by atoms with E-state index < -0.39 is 0 Å². The molecule has 1 aromatic heterocycles. The first-order valence-electron chi connectivity index (χ1n) is 9.98. The fourth-order valence-corrected chi connectivity index (χ4v) is 3.50. The molecule has 0 saturated heterocycles. The lowest BCUT2D eigenvalue weighted by molar-refractivity contribution is -0.133. The Morgan fingerprint density at radius 1 is 1.07 bits per heavy atom. The summed E-state index contributed by atoms with van der Waals surface area (Å²) in [5.74, 6) is 2.21. The van der Waals surface area contributed by atoms with Crippen LogP contribution in [0.1, 0.15) is 29.9 Å². The molecule has 6 heteroatoms. The summed E-state index contributed by atoms with van der Waals surface area (Å²) in [6.07, 6.45) is 0. The smallest absolute Gasteiger partial charge is 0.237 e. The highest BCUT2D eigenvalue weighted by atomic mass is 16.5. The molecule has 1 heterocycles. The Morgan fingerprint density at radius 2 is 1.73 bits per heavy atom. The number of benzene rings is 2. The third-order valence-electron chi connectivity index (χ3n) is 5.52. The van der Waals surface area contributed by atoms with Gasteiger partial charge in [0.05, 0.1) is 26.8 Å². The Hall–Kier alpha value is -2.99. The summed E-state index contributed by atoms with van der Waals surface area (Å²) < 4.78 is 16.7. The minimum absolute atomic E-state index is 0.0311. The van der Waals surface area contributed by atoms with Crippen molar-refractivity contribution in [3.63, 3.8) is 0 Å². The molecule has 1 unspecified atom stereocenters. The molecule has 0 saturated carbocycles. The van der Waals surface area contributed by atoms with Crippen LogP contribution in [0.2, 0.25) is 0 Å². The molecular formula is C24H30N2O4. The molecule has 1 amide bonds. The number of para-hydroxylation sites is 1. The number of hydrogen-bond donors (Lipinski definition) is 0. The Kier molecular flexibility index (Phi) is 6.67. The first-order chi connectivity index (χ1) is 14.3. The molecule has 0 bridgehead atoms. The van der Waals surface area contributed by atoms with Crippen LogP contribution in [-0.4, -0.2) is 50.6 Å². The van der Waals surface area contributed by atoms with Crippen LogP contribution < -0.4 is 9.47 Å². The normalized spacial score (nSPS) is 12.2. The Labute approximate surface area is 178 Å². The molecule has 0 aliphatic rings. The molecule has 0 fully saturated rings. The van der Waals surface area contributed by atoms with Gasteiger partial charge in [0.15, 0.2) is 11.5 Å². The summed E-state index contributed by atoms with van der Waals surface area (Å²) in [6.45, 7) is 4.94. The van der Waals surface area contributed by atoms with Crippen molar-refractivity contribution in [2.75, 3.05) is 34.9 Å². The molecular weight excluding hydrogens is 380 g/mol. The van der Waals surface area contributed by atoms with Gasteiger partial charge in [-0.15, -0.1) is 0 Å². The minimum atomic E-state index is -0.152. The van der Waals surface area contributed by atoms with Gasteiger partial charge >= 0.3 is 0 Å². The summed E-state index contributed by atoms with van der Waals surface area (Å²) in [6, 6.07) is 13.6. The van der Waals surface area contributed by atoms with Crippen molar-refractivity contribution in [3.05, 3.63) is 59.4 Å². The van der Waals surface area contributed by atoms with E-state index in [0.29, 0.717) is 24.6 Å². The lowest BCUT2D eigenvalue weighted by Crippen LogP contribution is -2.37. The van der Waals surface area contributed by atoms with Crippen LogP contribution in [-0.2, 0) is 11.3 Å². The van der Waals surface area contributed by atoms with Crippen molar-refractivity contribution in [1.29, 1.82) is 0 Å². The molecule has 0 N–H and O–H groups in total. The van der Waals surface area contributed by atoms with Gasteiger partial charge in [-0.2, -0.15) is 0 Å². The number of ether oxygens (including phenoxy) is 2. The zero-order chi connectivity index (χ0) is 21.8. The van der Waals surface area contributed by atoms with E-state index in [1.165, 1.54) is 0 Å². The van der Waals surface area contributed by atoms with Crippen LogP contribution in [0.15, 0.2) is 46.9 Å². The van der Waals surface area contributed by atoms with E-state index in [1.54, 1.807) is 19.1 Å². The predicted octanol–water partition coefficient (Wildman–Crippen LogP) is 4.41. The standard InChI is InChI=1S/C24H30N2O4/c1-16-11-22(28-5)23(29-6)13-19(16)14-25(3)15-24(27)26(4)17(2)21-12-18-9-7-8-10-20(18)30-21/h7-13,17H,14-15H2,1-6H3. The highest BCUT2D eigenvalue weighted by Crippen LogP contribution is 2.31. The quantitative estimate of drug-likeness (QED) is 0.551. The third kappa shape index (κ3) is 4.60. The van der Waals surface area contributed by atoms with Gasteiger partial charge in [0, 0.05) is 19.0 Å². The molecule has 1 atom stereocenters. The number of carbonyl (C=O) groups excluding carboxylic acids is 1. The van der Waals surface area contributed by atoms with Gasteiger partial charge in [-0.05, 0) is 56.3 Å². The van der Waals surface area contributed by atoms with Crippen LogP contribution in [0.3, 0.4) is 0 Å². The monoisotopic (exact) mass is 410 g/mol. The molecule has 6 nitrogen and oxygen atoms in total. The van der Waals surface area contributed by atoms with Gasteiger partial charge in [-0.25, -0.2) is 0 Å². The lowest BCUT2D eigenvalue weighted by atomic mass is 10.1. The minimum Gasteiger partial charge on any atom is -0.493 e. The molecule has 0 aliphatic heterocycles. The summed E-state index contributed by atoms with van der Waals surface area (Å²) in [7, 11) is 7.00. The zero-order valence-corrected chi connectivity index (χ0v) is 18.6. The first-order valence-corrected chi connectivity index (χ1v) is 9.98. The van der Waals surface area contributed by atoms with Gasteiger partial charge in [-0.1, -0.05) is 18.2 Å². The molecule has 160 valence electrons. The van der Waals surface area contributed by atoms with E-state index in [0.717, 1.165) is 27.9 Å². The van der Waals surface area contributed by atoms with E-state index in [4.69, 9.17) is 13.9 Å². The number of carbonyl (C=O) groups is 1. The topological polar surface area (TPSA) is 55.2 Å². The average molecular weight is 411 g/mol. The fourth-order valence-electron chi connectivity index (χ4n) is 3.50. The molecule has 0 radical (unpaired) electrons. The lowest BCUT2D eigenvalue weighted by Gasteiger charge is -2.26. The summed E-state index contributed by atoms with van der Waals surface area (Å²) >= 11 is 0. The van der Waals surface area contributed by atoms with Crippen molar-refractivity contribution in [2.24, 2.45) is 0 Å². The zero-order valence-electron chi connectivity index (χ0n) is 18.6.